The van der Waals surface area contributed by atoms with Crippen molar-refractivity contribution < 1.29 is 9.47 Å². The first-order valence-electron chi connectivity index (χ1n) is 2.38. The van der Waals surface area contributed by atoms with E-state index in [1.54, 1.807) is 0 Å². The molecule has 0 radical (unpaired) electrons. The molecule has 0 bridgehead atoms. The summed E-state index contributed by atoms with van der Waals surface area (Å²) in [5, 5.41) is 0. The van der Waals surface area contributed by atoms with Crippen LogP contribution in [0.25, 0.3) is 0 Å². The Labute approximate surface area is 41.7 Å². The van der Waals surface area contributed by atoms with E-state index in [1.165, 1.54) is 0 Å². The summed E-state index contributed by atoms with van der Waals surface area (Å²) < 4.78 is 10.1. The fourth-order valence-corrected chi connectivity index (χ4v) is 0.790. The second-order valence-electron chi connectivity index (χ2n) is 1.77. The summed E-state index contributed by atoms with van der Waals surface area (Å²) >= 11 is 0. The Morgan fingerprint density at radius 3 is 2.00 bits per heavy atom. The van der Waals surface area contributed by atoms with Gasteiger partial charge in [0.25, 0.3) is 0 Å². The van der Waals surface area contributed by atoms with Crippen molar-refractivity contribution in [1.82, 2.24) is 0 Å². The molecule has 1 aliphatic heterocycles. The second kappa shape index (κ2) is 1.08. The zero-order valence-electron chi connectivity index (χ0n) is 3.83. The monoisotopic (exact) mass is 98.0 g/mol. The van der Waals surface area contributed by atoms with Crippen LogP contribution in [-0.2, 0) is 9.47 Å². The van der Waals surface area contributed by atoms with E-state index in [-0.39, 0.29) is 0 Å². The molecule has 0 aromatic rings. The van der Waals surface area contributed by atoms with Crippen LogP contribution in [0.5, 0.6) is 0 Å². The fourth-order valence-electron chi connectivity index (χ4n) is 0.790. The van der Waals surface area contributed by atoms with E-state index in [4.69, 9.17) is 9.47 Å². The Hall–Kier alpha value is -0.340. The van der Waals surface area contributed by atoms with Crippen molar-refractivity contribution in [2.45, 2.75) is 12.2 Å². The van der Waals surface area contributed by atoms with Gasteiger partial charge in [-0.05, 0) is 0 Å². The zero-order valence-corrected chi connectivity index (χ0v) is 3.83. The predicted molar refractivity (Wildman–Crippen MR) is 23.8 cm³/mol. The van der Waals surface area contributed by atoms with Gasteiger partial charge in [0.1, 0.15) is 19.0 Å². The smallest absolute Gasteiger partial charge is 0.148 e. The van der Waals surface area contributed by atoms with Crippen molar-refractivity contribution in [2.24, 2.45) is 0 Å². The molecule has 2 rings (SSSR count). The highest BCUT2D eigenvalue weighted by atomic mass is 16.7. The van der Waals surface area contributed by atoms with Gasteiger partial charge >= 0.3 is 0 Å². The third kappa shape index (κ3) is 0.353. The predicted octanol–water partition coefficient (Wildman–Crippen LogP) is 0.298. The molecule has 2 heteroatoms. The summed E-state index contributed by atoms with van der Waals surface area (Å²) in [6.07, 6.45) is 4.61. The number of rotatable bonds is 0. The number of hydrogen-bond acceptors (Lipinski definition) is 2. The zero-order chi connectivity index (χ0) is 4.69. The Morgan fingerprint density at radius 2 is 1.71 bits per heavy atom. The van der Waals surface area contributed by atoms with Crippen LogP contribution in [0, 0.1) is 0 Å². The maximum Gasteiger partial charge on any atom is 0.148 e. The first-order chi connectivity index (χ1) is 3.47. The van der Waals surface area contributed by atoms with Crippen molar-refractivity contribution in [1.29, 1.82) is 0 Å². The number of ether oxygens (including phenoxy) is 2. The minimum absolute atomic E-state index is 0.292. The first kappa shape index (κ1) is 3.64. The maximum absolute atomic E-state index is 5.04. The summed E-state index contributed by atoms with van der Waals surface area (Å²) in [7, 11) is 0. The molecule has 2 unspecified atom stereocenters. The number of hydrogen-bond donors (Lipinski definition) is 0. The van der Waals surface area contributed by atoms with Crippen LogP contribution in [0.1, 0.15) is 0 Å². The third-order valence-corrected chi connectivity index (χ3v) is 1.34. The van der Waals surface area contributed by atoms with Gasteiger partial charge in [0.2, 0.25) is 0 Å². The van der Waals surface area contributed by atoms with Gasteiger partial charge in [0, 0.05) is 0 Å². The first-order valence-corrected chi connectivity index (χ1v) is 2.38. The molecule has 2 aliphatic rings. The summed E-state index contributed by atoms with van der Waals surface area (Å²) in [5.74, 6) is 0. The SMILES string of the molecule is C1=CC2OCOC12. The molecular weight excluding hydrogens is 92.1 g/mol. The van der Waals surface area contributed by atoms with Gasteiger partial charge in [-0.15, -0.1) is 0 Å². The molecular formula is C5H6O2. The van der Waals surface area contributed by atoms with Crippen LogP contribution >= 0.6 is 0 Å². The molecule has 7 heavy (non-hydrogen) atoms. The van der Waals surface area contributed by atoms with Crippen molar-refractivity contribution in [3.8, 4) is 0 Å². The fraction of sp³-hybridized carbons (Fsp3) is 0.600. The van der Waals surface area contributed by atoms with Crippen molar-refractivity contribution in [3.63, 3.8) is 0 Å². The van der Waals surface area contributed by atoms with Gasteiger partial charge in [0.05, 0.1) is 0 Å². The molecule has 1 heterocycles. The molecule has 0 aromatic carbocycles. The van der Waals surface area contributed by atoms with E-state index in [9.17, 15) is 0 Å². The molecule has 1 saturated heterocycles. The largest absolute Gasteiger partial charge is 0.345 e. The highest BCUT2D eigenvalue weighted by Gasteiger charge is 2.30. The lowest BCUT2D eigenvalue weighted by atomic mass is 10.0. The summed E-state index contributed by atoms with van der Waals surface area (Å²) in [6, 6.07) is 0. The third-order valence-electron chi connectivity index (χ3n) is 1.34. The lowest BCUT2D eigenvalue weighted by Crippen LogP contribution is -2.25. The van der Waals surface area contributed by atoms with Crippen LogP contribution in [0.4, 0.5) is 0 Å². The van der Waals surface area contributed by atoms with Crippen molar-refractivity contribution in [3.05, 3.63) is 12.2 Å². The molecule has 38 valence electrons. The average Bonchev–Trinajstić information content (AvgIpc) is 1.85. The Balaban J connectivity index is 2.17. The molecule has 0 amide bonds. The maximum atomic E-state index is 5.04. The van der Waals surface area contributed by atoms with Crippen molar-refractivity contribution in [2.75, 3.05) is 6.79 Å². The van der Waals surface area contributed by atoms with Crippen LogP contribution < -0.4 is 0 Å². The lowest BCUT2D eigenvalue weighted by Gasteiger charge is -2.16. The van der Waals surface area contributed by atoms with E-state index < -0.39 is 0 Å². The van der Waals surface area contributed by atoms with Gasteiger partial charge < -0.3 is 9.47 Å². The topological polar surface area (TPSA) is 18.5 Å². The average molecular weight is 98.1 g/mol. The van der Waals surface area contributed by atoms with Gasteiger partial charge in [-0.1, -0.05) is 12.2 Å². The normalized spacial score (nSPS) is 45.7. The van der Waals surface area contributed by atoms with E-state index in [2.05, 4.69) is 0 Å². The van der Waals surface area contributed by atoms with Gasteiger partial charge in [0.15, 0.2) is 0 Å². The van der Waals surface area contributed by atoms with E-state index >= 15 is 0 Å². The van der Waals surface area contributed by atoms with E-state index in [0.29, 0.717) is 19.0 Å². The van der Waals surface area contributed by atoms with Crippen LogP contribution in [0.2, 0.25) is 0 Å². The molecule has 0 spiro atoms. The van der Waals surface area contributed by atoms with Crippen LogP contribution in [-0.4, -0.2) is 19.0 Å². The molecule has 1 fully saturated rings. The highest BCUT2D eigenvalue weighted by molar-refractivity contribution is 5.14. The van der Waals surface area contributed by atoms with Gasteiger partial charge in [-0.3, -0.25) is 0 Å². The summed E-state index contributed by atoms with van der Waals surface area (Å²) in [4.78, 5) is 0. The second-order valence-corrected chi connectivity index (χ2v) is 1.77. The van der Waals surface area contributed by atoms with Gasteiger partial charge in [-0.25, -0.2) is 0 Å². The van der Waals surface area contributed by atoms with E-state index in [1.807, 2.05) is 12.2 Å². The minimum atomic E-state index is 0.292. The van der Waals surface area contributed by atoms with Gasteiger partial charge in [-0.2, -0.15) is 0 Å². The molecule has 0 aromatic heterocycles. The highest BCUT2D eigenvalue weighted by Crippen LogP contribution is 2.22. The quantitative estimate of drug-likeness (QED) is 0.405. The molecule has 0 saturated carbocycles. The Bertz CT molecular complexity index is 96.6. The van der Waals surface area contributed by atoms with Crippen LogP contribution in [0.15, 0.2) is 12.2 Å². The molecule has 0 N–H and O–H groups in total. The summed E-state index contributed by atoms with van der Waals surface area (Å²) in [6.45, 7) is 0.475. The minimum Gasteiger partial charge on any atom is -0.345 e. The van der Waals surface area contributed by atoms with E-state index in [0.717, 1.165) is 0 Å². The molecule has 1 aliphatic carbocycles. The lowest BCUT2D eigenvalue weighted by molar-refractivity contribution is 0.0540. The van der Waals surface area contributed by atoms with Crippen molar-refractivity contribution >= 4 is 0 Å². The molecule has 2 atom stereocenters. The Kier molecular flexibility index (Phi) is 0.562. The molecule has 2 nitrogen and oxygen atoms in total. The summed E-state index contributed by atoms with van der Waals surface area (Å²) in [5.41, 5.74) is 0. The standard InChI is InChI=1S/C5H6O2/c1-2-5-4(1)6-3-7-5/h1-2,4-5H,3H2. The Morgan fingerprint density at radius 1 is 1.14 bits per heavy atom. The van der Waals surface area contributed by atoms with Crippen LogP contribution in [0.3, 0.4) is 0 Å². The number of fused-ring (bicyclic) bond motifs is 1.